The van der Waals surface area contributed by atoms with E-state index in [0.717, 1.165) is 50.5 Å². The van der Waals surface area contributed by atoms with Gasteiger partial charge in [0.2, 0.25) is 0 Å². The van der Waals surface area contributed by atoms with E-state index in [1.165, 1.54) is 5.56 Å². The summed E-state index contributed by atoms with van der Waals surface area (Å²) in [5.74, 6) is 0.942. The van der Waals surface area contributed by atoms with Gasteiger partial charge in [-0.1, -0.05) is 12.1 Å². The van der Waals surface area contributed by atoms with Crippen LogP contribution < -0.4 is 19.7 Å². The third-order valence-corrected chi connectivity index (χ3v) is 5.98. The fourth-order valence-corrected chi connectivity index (χ4v) is 4.08. The van der Waals surface area contributed by atoms with Crippen LogP contribution in [0.5, 0.6) is 11.5 Å². The molecule has 0 unspecified atom stereocenters. The second-order valence-corrected chi connectivity index (χ2v) is 7.98. The summed E-state index contributed by atoms with van der Waals surface area (Å²) in [5.41, 5.74) is 3.68. The van der Waals surface area contributed by atoms with Gasteiger partial charge >= 0.3 is 0 Å². The lowest BCUT2D eigenvalue weighted by molar-refractivity contribution is 0.102. The maximum atomic E-state index is 13.0. The molecular formula is C26H30N4O3. The van der Waals surface area contributed by atoms with E-state index in [9.17, 15) is 4.79 Å². The van der Waals surface area contributed by atoms with Crippen molar-refractivity contribution in [3.63, 3.8) is 0 Å². The molecule has 1 N–H and O–H groups in total. The van der Waals surface area contributed by atoms with Gasteiger partial charge in [0, 0.05) is 50.7 Å². The Morgan fingerprint density at radius 1 is 0.939 bits per heavy atom. The molecule has 1 aromatic heterocycles. The van der Waals surface area contributed by atoms with Gasteiger partial charge in [0.05, 0.1) is 25.6 Å². The number of hydrogen-bond donors (Lipinski definition) is 1. The van der Waals surface area contributed by atoms with Crippen molar-refractivity contribution in [1.82, 2.24) is 9.88 Å². The van der Waals surface area contributed by atoms with Gasteiger partial charge in [-0.2, -0.15) is 0 Å². The molecule has 33 heavy (non-hydrogen) atoms. The van der Waals surface area contributed by atoms with Crippen molar-refractivity contribution in [2.75, 3.05) is 57.2 Å². The van der Waals surface area contributed by atoms with Crippen LogP contribution in [0.4, 0.5) is 11.4 Å². The summed E-state index contributed by atoms with van der Waals surface area (Å²) < 4.78 is 10.6. The Hall–Kier alpha value is -3.58. The molecule has 0 aliphatic carbocycles. The fraction of sp³-hybridized carbons (Fsp3) is 0.308. The normalized spacial score (nSPS) is 14.1. The smallest absolute Gasteiger partial charge is 0.255 e. The van der Waals surface area contributed by atoms with Gasteiger partial charge < -0.3 is 19.7 Å². The summed E-state index contributed by atoms with van der Waals surface area (Å²) in [6, 6.07) is 17.3. The van der Waals surface area contributed by atoms with Crippen LogP contribution in [0.25, 0.3) is 0 Å². The fourth-order valence-electron chi connectivity index (χ4n) is 4.08. The maximum absolute atomic E-state index is 13.0. The molecule has 1 aliphatic rings. The largest absolute Gasteiger partial charge is 0.493 e. The van der Waals surface area contributed by atoms with E-state index in [0.29, 0.717) is 17.1 Å². The van der Waals surface area contributed by atoms with Crippen LogP contribution in [-0.4, -0.2) is 62.7 Å². The van der Waals surface area contributed by atoms with Crippen LogP contribution in [0.2, 0.25) is 0 Å². The topological polar surface area (TPSA) is 66.9 Å². The minimum atomic E-state index is -0.181. The van der Waals surface area contributed by atoms with Crippen molar-refractivity contribution in [3.8, 4) is 11.5 Å². The number of pyridine rings is 1. The number of amides is 1. The average Bonchev–Trinajstić information content (AvgIpc) is 2.88. The number of carbonyl (C=O) groups is 1. The lowest BCUT2D eigenvalue weighted by Crippen LogP contribution is -2.47. The van der Waals surface area contributed by atoms with Crippen LogP contribution in [0.3, 0.4) is 0 Å². The molecule has 3 aromatic rings. The van der Waals surface area contributed by atoms with E-state index in [2.05, 4.69) is 38.3 Å². The summed E-state index contributed by atoms with van der Waals surface area (Å²) in [5, 5.41) is 3.07. The number of piperazine rings is 1. The standard InChI is InChI=1S/C26H30N4O3/c1-32-24-8-7-21(19-25(24)33-2)26(31)28-22-5-3-4-6-23(22)30-17-15-29(16-18-30)14-11-20-9-12-27-13-10-20/h3-10,12-13,19H,11,14-18H2,1-2H3,(H,28,31). The Morgan fingerprint density at radius 3 is 2.39 bits per heavy atom. The second kappa shape index (κ2) is 10.8. The van der Waals surface area contributed by atoms with Gasteiger partial charge in [0.15, 0.2) is 11.5 Å². The number of nitrogens with one attached hydrogen (secondary N) is 1. The number of carbonyl (C=O) groups excluding carboxylic acids is 1. The molecule has 0 bridgehead atoms. The summed E-state index contributed by atoms with van der Waals surface area (Å²) in [4.78, 5) is 21.9. The molecule has 7 heteroatoms. The van der Waals surface area contributed by atoms with Crippen LogP contribution in [0, 0.1) is 0 Å². The molecule has 0 atom stereocenters. The molecule has 7 nitrogen and oxygen atoms in total. The summed E-state index contributed by atoms with van der Waals surface area (Å²) in [6.07, 6.45) is 4.72. The lowest BCUT2D eigenvalue weighted by Gasteiger charge is -2.37. The van der Waals surface area contributed by atoms with Crippen molar-refractivity contribution in [2.45, 2.75) is 6.42 Å². The first-order valence-electron chi connectivity index (χ1n) is 11.2. The Morgan fingerprint density at radius 2 is 1.67 bits per heavy atom. The quantitative estimate of drug-likeness (QED) is 0.569. The number of aromatic nitrogens is 1. The summed E-state index contributed by atoms with van der Waals surface area (Å²) in [6.45, 7) is 4.85. The monoisotopic (exact) mass is 446 g/mol. The molecule has 1 saturated heterocycles. The van der Waals surface area contributed by atoms with Crippen molar-refractivity contribution in [1.29, 1.82) is 0 Å². The van der Waals surface area contributed by atoms with Gasteiger partial charge in [0.1, 0.15) is 0 Å². The second-order valence-electron chi connectivity index (χ2n) is 7.98. The first-order chi connectivity index (χ1) is 16.2. The zero-order valence-corrected chi connectivity index (χ0v) is 19.2. The van der Waals surface area contributed by atoms with Crippen molar-refractivity contribution in [2.24, 2.45) is 0 Å². The molecule has 4 rings (SSSR count). The van der Waals surface area contributed by atoms with Crippen LogP contribution in [0.15, 0.2) is 67.0 Å². The predicted molar refractivity (Wildman–Crippen MR) is 131 cm³/mol. The third kappa shape index (κ3) is 5.62. The first-order valence-corrected chi connectivity index (χ1v) is 11.2. The highest BCUT2D eigenvalue weighted by Gasteiger charge is 2.20. The van der Waals surface area contributed by atoms with Gasteiger partial charge in [0.25, 0.3) is 5.91 Å². The lowest BCUT2D eigenvalue weighted by atomic mass is 10.1. The van der Waals surface area contributed by atoms with Crippen molar-refractivity contribution >= 4 is 17.3 Å². The number of ether oxygens (including phenoxy) is 2. The number of para-hydroxylation sites is 2. The van der Waals surface area contributed by atoms with E-state index in [1.54, 1.807) is 32.4 Å². The van der Waals surface area contributed by atoms with Crippen LogP contribution in [-0.2, 0) is 6.42 Å². The Bertz CT molecular complexity index is 1070. The number of hydrogen-bond acceptors (Lipinski definition) is 6. The Labute approximate surface area is 195 Å². The van der Waals surface area contributed by atoms with Crippen molar-refractivity contribution < 1.29 is 14.3 Å². The maximum Gasteiger partial charge on any atom is 0.255 e. The van der Waals surface area contributed by atoms with Gasteiger partial charge in [-0.05, 0) is 54.4 Å². The van der Waals surface area contributed by atoms with Gasteiger partial charge in [-0.25, -0.2) is 0 Å². The average molecular weight is 447 g/mol. The summed E-state index contributed by atoms with van der Waals surface area (Å²) >= 11 is 0. The molecule has 0 saturated carbocycles. The molecule has 2 aromatic carbocycles. The minimum Gasteiger partial charge on any atom is -0.493 e. The molecule has 1 fully saturated rings. The number of methoxy groups -OCH3 is 2. The molecule has 0 spiro atoms. The first kappa shape index (κ1) is 22.6. The number of rotatable bonds is 8. The van der Waals surface area contributed by atoms with Crippen LogP contribution >= 0.6 is 0 Å². The predicted octanol–water partition coefficient (Wildman–Crippen LogP) is 3.72. The van der Waals surface area contributed by atoms with Gasteiger partial charge in [-0.15, -0.1) is 0 Å². The zero-order chi connectivity index (χ0) is 23.0. The van der Waals surface area contributed by atoms with Crippen LogP contribution in [0.1, 0.15) is 15.9 Å². The molecule has 0 radical (unpaired) electrons. The third-order valence-electron chi connectivity index (χ3n) is 5.98. The molecule has 172 valence electrons. The molecule has 2 heterocycles. The minimum absolute atomic E-state index is 0.181. The van der Waals surface area contributed by atoms with E-state index in [1.807, 2.05) is 30.6 Å². The summed E-state index contributed by atoms with van der Waals surface area (Å²) in [7, 11) is 3.14. The Kier molecular flexibility index (Phi) is 7.42. The number of nitrogens with zero attached hydrogens (tertiary/aromatic N) is 3. The number of benzene rings is 2. The molecule has 1 amide bonds. The number of anilines is 2. The Balaban J connectivity index is 1.38. The van der Waals surface area contributed by atoms with E-state index in [-0.39, 0.29) is 5.91 Å². The van der Waals surface area contributed by atoms with E-state index in [4.69, 9.17) is 9.47 Å². The molecule has 1 aliphatic heterocycles. The highest BCUT2D eigenvalue weighted by molar-refractivity contribution is 6.06. The highest BCUT2D eigenvalue weighted by Crippen LogP contribution is 2.30. The van der Waals surface area contributed by atoms with Gasteiger partial charge in [-0.3, -0.25) is 14.7 Å². The molecular weight excluding hydrogens is 416 g/mol. The SMILES string of the molecule is COc1ccc(C(=O)Nc2ccccc2N2CCN(CCc3ccncc3)CC2)cc1OC. The van der Waals surface area contributed by atoms with E-state index < -0.39 is 0 Å². The zero-order valence-electron chi connectivity index (χ0n) is 19.2. The highest BCUT2D eigenvalue weighted by atomic mass is 16.5. The van der Waals surface area contributed by atoms with E-state index >= 15 is 0 Å². The van der Waals surface area contributed by atoms with Crippen molar-refractivity contribution in [3.05, 3.63) is 78.1 Å².